The predicted molar refractivity (Wildman–Crippen MR) is 120 cm³/mol. The van der Waals surface area contributed by atoms with Crippen molar-refractivity contribution in [2.45, 2.75) is 6.61 Å². The van der Waals surface area contributed by atoms with Gasteiger partial charge in [-0.25, -0.2) is 4.99 Å². The number of benzene rings is 3. The molecule has 0 N–H and O–H groups in total. The largest absolute Gasteiger partial charge is 0.380 e. The molecule has 0 aromatic heterocycles. The van der Waals surface area contributed by atoms with Gasteiger partial charge in [0.2, 0.25) is 0 Å². The van der Waals surface area contributed by atoms with E-state index in [2.05, 4.69) is 0 Å². The van der Waals surface area contributed by atoms with Gasteiger partial charge in [0.15, 0.2) is 5.17 Å². The van der Waals surface area contributed by atoms with Crippen LogP contribution < -0.4 is 4.90 Å². The molecule has 1 aliphatic rings. The third-order valence-electron chi connectivity index (χ3n) is 4.39. The predicted octanol–water partition coefficient (Wildman–Crippen LogP) is 5.64. The smallest absolute Gasteiger partial charge is 0.271 e. The van der Waals surface area contributed by atoms with Crippen molar-refractivity contribution in [3.8, 4) is 0 Å². The Hall–Kier alpha value is -3.15. The van der Waals surface area contributed by atoms with Crippen LogP contribution in [0.1, 0.15) is 11.1 Å². The van der Waals surface area contributed by atoms with Crippen LogP contribution in [0, 0.1) is 0 Å². The summed E-state index contributed by atoms with van der Waals surface area (Å²) in [6.07, 6.45) is 1.91. The van der Waals surface area contributed by atoms with Gasteiger partial charge in [0, 0.05) is 7.11 Å². The number of thioether (sulfide) groups is 1. The molecule has 1 heterocycles. The average Bonchev–Trinajstić information content (AvgIpc) is 3.05. The second kappa shape index (κ2) is 8.90. The number of carbonyl (C=O) groups excluding carboxylic acids is 1. The average molecular weight is 401 g/mol. The SMILES string of the molecule is COCc1ccc(/C=C2\S/C(=N\c3ccccc3)N(c3ccccc3)C2=O)cc1. The molecule has 5 heteroatoms. The summed E-state index contributed by atoms with van der Waals surface area (Å²) in [7, 11) is 1.68. The summed E-state index contributed by atoms with van der Waals surface area (Å²) in [5, 5.41) is 0.648. The maximum Gasteiger partial charge on any atom is 0.271 e. The zero-order chi connectivity index (χ0) is 20.1. The molecule has 0 aliphatic carbocycles. The Morgan fingerprint density at radius 2 is 1.59 bits per heavy atom. The lowest BCUT2D eigenvalue weighted by Crippen LogP contribution is -2.28. The summed E-state index contributed by atoms with van der Waals surface area (Å²) in [6.45, 7) is 0.570. The highest BCUT2D eigenvalue weighted by Gasteiger charge is 2.34. The first-order valence-electron chi connectivity index (χ1n) is 9.25. The number of ether oxygens (including phenoxy) is 1. The van der Waals surface area contributed by atoms with E-state index in [4.69, 9.17) is 9.73 Å². The van der Waals surface area contributed by atoms with Gasteiger partial charge >= 0.3 is 0 Å². The number of carbonyl (C=O) groups is 1. The Labute approximate surface area is 174 Å². The number of methoxy groups -OCH3 is 1. The van der Waals surface area contributed by atoms with Gasteiger partial charge in [-0.1, -0.05) is 60.7 Å². The van der Waals surface area contributed by atoms with Gasteiger partial charge in [-0.15, -0.1) is 0 Å². The molecule has 4 rings (SSSR count). The van der Waals surface area contributed by atoms with Gasteiger partial charge in [-0.05, 0) is 53.2 Å². The van der Waals surface area contributed by atoms with Crippen LogP contribution in [-0.4, -0.2) is 18.2 Å². The highest BCUT2D eigenvalue weighted by atomic mass is 32.2. The van der Waals surface area contributed by atoms with Crippen LogP contribution in [0.5, 0.6) is 0 Å². The van der Waals surface area contributed by atoms with Crippen LogP contribution in [0.15, 0.2) is 94.8 Å². The van der Waals surface area contributed by atoms with E-state index in [0.717, 1.165) is 22.5 Å². The fourth-order valence-corrected chi connectivity index (χ4v) is 4.00. The lowest BCUT2D eigenvalue weighted by atomic mass is 10.1. The number of amides is 1. The Balaban J connectivity index is 1.70. The van der Waals surface area contributed by atoms with Gasteiger partial charge < -0.3 is 4.74 Å². The van der Waals surface area contributed by atoms with Crippen molar-refractivity contribution in [1.82, 2.24) is 0 Å². The molecule has 0 saturated carbocycles. The molecular formula is C24H20N2O2S. The standard InChI is InChI=1S/C24H20N2O2S/c1-28-17-19-14-12-18(13-15-19)16-22-23(27)26(21-10-6-3-7-11-21)24(29-22)25-20-8-4-2-5-9-20/h2-16H,17H2,1H3/b22-16-,25-24-. The molecule has 1 amide bonds. The lowest BCUT2D eigenvalue weighted by molar-refractivity contribution is -0.113. The van der Waals surface area contributed by atoms with Crippen LogP contribution in [0.3, 0.4) is 0 Å². The van der Waals surface area contributed by atoms with Crippen LogP contribution in [-0.2, 0) is 16.1 Å². The Morgan fingerprint density at radius 1 is 0.931 bits per heavy atom. The van der Waals surface area contributed by atoms with Crippen molar-refractivity contribution in [3.63, 3.8) is 0 Å². The van der Waals surface area contributed by atoms with Gasteiger partial charge in [0.1, 0.15) is 0 Å². The second-order valence-electron chi connectivity index (χ2n) is 6.49. The number of aliphatic imine (C=N–C) groups is 1. The summed E-state index contributed by atoms with van der Waals surface area (Å²) in [5.74, 6) is -0.0724. The monoisotopic (exact) mass is 400 g/mol. The Bertz CT molecular complexity index is 1050. The summed E-state index contributed by atoms with van der Waals surface area (Å²) in [6, 6.07) is 27.3. The van der Waals surface area contributed by atoms with E-state index in [-0.39, 0.29) is 5.91 Å². The van der Waals surface area contributed by atoms with E-state index < -0.39 is 0 Å². The molecule has 1 saturated heterocycles. The van der Waals surface area contributed by atoms with E-state index in [1.807, 2.05) is 91.0 Å². The van der Waals surface area contributed by atoms with Crippen molar-refractivity contribution < 1.29 is 9.53 Å². The minimum atomic E-state index is -0.0724. The van der Waals surface area contributed by atoms with E-state index in [0.29, 0.717) is 16.7 Å². The molecule has 144 valence electrons. The van der Waals surface area contributed by atoms with Gasteiger partial charge in [0.25, 0.3) is 5.91 Å². The Morgan fingerprint density at radius 3 is 2.24 bits per heavy atom. The fraction of sp³-hybridized carbons (Fsp3) is 0.0833. The van der Waals surface area contributed by atoms with Crippen molar-refractivity contribution in [3.05, 3.63) is 101 Å². The lowest BCUT2D eigenvalue weighted by Gasteiger charge is -2.15. The third-order valence-corrected chi connectivity index (χ3v) is 5.36. The number of para-hydroxylation sites is 2. The zero-order valence-corrected chi connectivity index (χ0v) is 16.8. The maximum absolute atomic E-state index is 13.2. The topological polar surface area (TPSA) is 41.9 Å². The minimum absolute atomic E-state index is 0.0724. The van der Waals surface area contributed by atoms with E-state index in [1.165, 1.54) is 11.8 Å². The molecule has 0 atom stereocenters. The van der Waals surface area contributed by atoms with Crippen molar-refractivity contribution in [1.29, 1.82) is 0 Å². The first-order chi connectivity index (χ1) is 14.2. The molecule has 3 aromatic rings. The second-order valence-corrected chi connectivity index (χ2v) is 7.50. The number of amidine groups is 1. The maximum atomic E-state index is 13.2. The molecule has 0 bridgehead atoms. The molecule has 1 aliphatic heterocycles. The van der Waals surface area contributed by atoms with Crippen LogP contribution in [0.4, 0.5) is 11.4 Å². The Kier molecular flexibility index (Phi) is 5.89. The highest BCUT2D eigenvalue weighted by Crippen LogP contribution is 2.37. The molecule has 0 spiro atoms. The molecular weight excluding hydrogens is 380 g/mol. The van der Waals surface area contributed by atoms with Gasteiger partial charge in [-0.2, -0.15) is 0 Å². The van der Waals surface area contributed by atoms with E-state index in [9.17, 15) is 4.79 Å². The fourth-order valence-electron chi connectivity index (χ4n) is 2.99. The highest BCUT2D eigenvalue weighted by molar-refractivity contribution is 8.19. The van der Waals surface area contributed by atoms with Crippen LogP contribution in [0.25, 0.3) is 6.08 Å². The molecule has 4 nitrogen and oxygen atoms in total. The van der Waals surface area contributed by atoms with E-state index >= 15 is 0 Å². The van der Waals surface area contributed by atoms with E-state index in [1.54, 1.807) is 12.0 Å². The minimum Gasteiger partial charge on any atom is -0.380 e. The first kappa shape index (κ1) is 19.2. The first-order valence-corrected chi connectivity index (χ1v) is 10.1. The van der Waals surface area contributed by atoms with Crippen LogP contribution >= 0.6 is 11.8 Å². The summed E-state index contributed by atoms with van der Waals surface area (Å²) >= 11 is 1.39. The molecule has 0 unspecified atom stereocenters. The zero-order valence-electron chi connectivity index (χ0n) is 16.0. The van der Waals surface area contributed by atoms with Gasteiger partial charge in [-0.3, -0.25) is 9.69 Å². The third kappa shape index (κ3) is 4.47. The number of rotatable bonds is 5. The van der Waals surface area contributed by atoms with Crippen molar-refractivity contribution in [2.75, 3.05) is 12.0 Å². The number of hydrogen-bond acceptors (Lipinski definition) is 4. The molecule has 1 fully saturated rings. The van der Waals surface area contributed by atoms with Crippen LogP contribution in [0.2, 0.25) is 0 Å². The molecule has 0 radical (unpaired) electrons. The summed E-state index contributed by atoms with van der Waals surface area (Å²) in [4.78, 5) is 20.3. The number of hydrogen-bond donors (Lipinski definition) is 0. The van der Waals surface area contributed by atoms with Crippen molar-refractivity contribution >= 4 is 40.3 Å². The van der Waals surface area contributed by atoms with Crippen molar-refractivity contribution in [2.24, 2.45) is 4.99 Å². The molecule has 3 aromatic carbocycles. The quantitative estimate of drug-likeness (QED) is 0.520. The molecule has 29 heavy (non-hydrogen) atoms. The van der Waals surface area contributed by atoms with Gasteiger partial charge in [0.05, 0.1) is 22.9 Å². The summed E-state index contributed by atoms with van der Waals surface area (Å²) < 4.78 is 5.16. The normalized spacial score (nSPS) is 16.7. The number of anilines is 1. The summed E-state index contributed by atoms with van der Waals surface area (Å²) in [5.41, 5.74) is 3.68. The number of nitrogens with zero attached hydrogens (tertiary/aromatic N) is 2.